The first-order valence-electron chi connectivity index (χ1n) is 6.76. The molecule has 6 heteroatoms. The number of rotatable bonds is 4. The van der Waals surface area contributed by atoms with Crippen LogP contribution in [-0.2, 0) is 11.3 Å². The van der Waals surface area contributed by atoms with Crippen LogP contribution in [0.4, 0.5) is 10.5 Å². The second-order valence-corrected chi connectivity index (χ2v) is 5.11. The number of hydrogen-bond donors (Lipinski definition) is 1. The van der Waals surface area contributed by atoms with Crippen LogP contribution in [0.5, 0.6) is 0 Å². The van der Waals surface area contributed by atoms with Gasteiger partial charge in [-0.25, -0.2) is 4.79 Å². The number of carbonyl (C=O) groups is 1. The molecule has 1 N–H and O–H groups in total. The van der Waals surface area contributed by atoms with Gasteiger partial charge in [0.05, 0.1) is 25.0 Å². The summed E-state index contributed by atoms with van der Waals surface area (Å²) in [5.41, 5.74) is 0.735. The van der Waals surface area contributed by atoms with E-state index in [1.54, 1.807) is 18.0 Å². The largest absolute Gasteiger partial charge is 0.383 e. The summed E-state index contributed by atoms with van der Waals surface area (Å²) in [5.74, 6) is 0.587. The molecule has 0 unspecified atom stereocenters. The zero-order valence-corrected chi connectivity index (χ0v) is 11.6. The third-order valence-electron chi connectivity index (χ3n) is 3.35. The molecule has 19 heavy (non-hydrogen) atoms. The van der Waals surface area contributed by atoms with E-state index in [9.17, 15) is 4.79 Å². The monoisotopic (exact) mass is 266 g/mol. The summed E-state index contributed by atoms with van der Waals surface area (Å²) < 4.78 is 6.75. The average Bonchev–Trinajstić information content (AvgIpc) is 2.84. The average molecular weight is 266 g/mol. The summed E-state index contributed by atoms with van der Waals surface area (Å²) in [5, 5.41) is 7.06. The van der Waals surface area contributed by atoms with Gasteiger partial charge in [0.25, 0.3) is 0 Å². The molecule has 0 saturated carbocycles. The highest BCUT2D eigenvalue weighted by Crippen LogP contribution is 2.16. The fourth-order valence-electron chi connectivity index (χ4n) is 2.31. The van der Waals surface area contributed by atoms with Gasteiger partial charge in [0.15, 0.2) is 0 Å². The van der Waals surface area contributed by atoms with E-state index in [0.29, 0.717) is 19.1 Å². The molecule has 0 spiro atoms. The predicted octanol–water partition coefficient (Wildman–Crippen LogP) is 1.79. The highest BCUT2D eigenvalue weighted by atomic mass is 16.5. The molecule has 1 atom stereocenters. The molecule has 106 valence electrons. The maximum Gasteiger partial charge on any atom is 0.321 e. The molecule has 2 heterocycles. The lowest BCUT2D eigenvalue weighted by atomic mass is 10.0. The molecule has 1 saturated heterocycles. The first-order chi connectivity index (χ1) is 9.19. The Morgan fingerprint density at radius 2 is 2.47 bits per heavy atom. The van der Waals surface area contributed by atoms with Gasteiger partial charge in [-0.15, -0.1) is 0 Å². The molecular formula is C13H22N4O2. The van der Waals surface area contributed by atoms with Crippen LogP contribution < -0.4 is 5.32 Å². The molecule has 1 aromatic rings. The van der Waals surface area contributed by atoms with Gasteiger partial charge in [-0.1, -0.05) is 6.92 Å². The summed E-state index contributed by atoms with van der Waals surface area (Å²) in [7, 11) is 1.66. The van der Waals surface area contributed by atoms with Crippen molar-refractivity contribution in [3.63, 3.8) is 0 Å². The number of ether oxygens (including phenoxy) is 1. The number of amides is 2. The number of nitrogens with zero attached hydrogens (tertiary/aromatic N) is 3. The molecule has 0 bridgehead atoms. The minimum absolute atomic E-state index is 0.0298. The van der Waals surface area contributed by atoms with Crippen molar-refractivity contribution in [2.45, 2.75) is 26.3 Å². The van der Waals surface area contributed by atoms with Gasteiger partial charge < -0.3 is 15.0 Å². The molecule has 1 fully saturated rings. The quantitative estimate of drug-likeness (QED) is 0.904. The van der Waals surface area contributed by atoms with Crippen molar-refractivity contribution >= 4 is 11.7 Å². The Morgan fingerprint density at radius 1 is 1.63 bits per heavy atom. The van der Waals surface area contributed by atoms with Gasteiger partial charge in [0, 0.05) is 26.4 Å². The van der Waals surface area contributed by atoms with Crippen LogP contribution in [0.1, 0.15) is 19.8 Å². The molecule has 0 aliphatic carbocycles. The van der Waals surface area contributed by atoms with Crippen LogP contribution in [0.25, 0.3) is 0 Å². The van der Waals surface area contributed by atoms with Gasteiger partial charge in [0.2, 0.25) is 0 Å². The smallest absolute Gasteiger partial charge is 0.321 e. The van der Waals surface area contributed by atoms with Gasteiger partial charge in [0.1, 0.15) is 0 Å². The summed E-state index contributed by atoms with van der Waals surface area (Å²) in [6.07, 6.45) is 5.78. The number of anilines is 1. The maximum atomic E-state index is 12.1. The predicted molar refractivity (Wildman–Crippen MR) is 73.1 cm³/mol. The van der Waals surface area contributed by atoms with Gasteiger partial charge >= 0.3 is 6.03 Å². The van der Waals surface area contributed by atoms with E-state index in [1.165, 1.54) is 6.42 Å². The van der Waals surface area contributed by atoms with Gasteiger partial charge in [-0.3, -0.25) is 4.68 Å². The number of nitrogens with one attached hydrogen (secondary N) is 1. The Bertz CT molecular complexity index is 419. The van der Waals surface area contributed by atoms with Crippen LogP contribution in [0.15, 0.2) is 12.4 Å². The SMILES string of the molecule is COCCn1cc(NC(=O)N2CCC[C@H](C)C2)cn1. The van der Waals surface area contributed by atoms with Crippen LogP contribution in [0.2, 0.25) is 0 Å². The summed E-state index contributed by atoms with van der Waals surface area (Å²) >= 11 is 0. The maximum absolute atomic E-state index is 12.1. The van der Waals surface area contributed by atoms with Crippen LogP contribution >= 0.6 is 0 Å². The van der Waals surface area contributed by atoms with E-state index < -0.39 is 0 Å². The lowest BCUT2D eigenvalue weighted by molar-refractivity contribution is 0.182. The zero-order valence-electron chi connectivity index (χ0n) is 11.6. The Labute approximate surface area is 113 Å². The fourth-order valence-corrected chi connectivity index (χ4v) is 2.31. The Kier molecular flexibility index (Phi) is 4.79. The highest BCUT2D eigenvalue weighted by Gasteiger charge is 2.21. The number of carbonyl (C=O) groups excluding carboxylic acids is 1. The van der Waals surface area contributed by atoms with E-state index >= 15 is 0 Å². The van der Waals surface area contributed by atoms with E-state index in [-0.39, 0.29) is 6.03 Å². The number of urea groups is 1. The molecule has 0 aromatic carbocycles. The highest BCUT2D eigenvalue weighted by molar-refractivity contribution is 5.89. The number of aromatic nitrogens is 2. The minimum Gasteiger partial charge on any atom is -0.383 e. The van der Waals surface area contributed by atoms with Gasteiger partial charge in [-0.2, -0.15) is 5.10 Å². The lowest BCUT2D eigenvalue weighted by Crippen LogP contribution is -2.41. The molecule has 1 aliphatic heterocycles. The van der Waals surface area contributed by atoms with Gasteiger partial charge in [-0.05, 0) is 18.8 Å². The van der Waals surface area contributed by atoms with E-state index in [1.807, 2.05) is 11.1 Å². The summed E-state index contributed by atoms with van der Waals surface area (Å²) in [6.45, 7) is 5.16. The van der Waals surface area contributed by atoms with Crippen molar-refractivity contribution in [3.8, 4) is 0 Å². The fraction of sp³-hybridized carbons (Fsp3) is 0.692. The van der Waals surface area contributed by atoms with Crippen LogP contribution in [0, 0.1) is 5.92 Å². The van der Waals surface area contributed by atoms with E-state index in [0.717, 1.165) is 25.2 Å². The molecule has 6 nitrogen and oxygen atoms in total. The minimum atomic E-state index is -0.0298. The molecule has 2 rings (SSSR count). The van der Waals surface area contributed by atoms with Crippen molar-refractivity contribution in [2.75, 3.05) is 32.1 Å². The number of methoxy groups -OCH3 is 1. The van der Waals surface area contributed by atoms with E-state index in [4.69, 9.17) is 4.74 Å². The summed E-state index contributed by atoms with van der Waals surface area (Å²) in [6, 6.07) is -0.0298. The Hall–Kier alpha value is -1.56. The standard InChI is InChI=1S/C13H22N4O2/c1-11-4-3-5-16(9-11)13(18)15-12-8-14-17(10-12)6-7-19-2/h8,10-11H,3-7,9H2,1-2H3,(H,15,18)/t11-/m0/s1. The third kappa shape index (κ3) is 3.96. The van der Waals surface area contributed by atoms with Crippen molar-refractivity contribution < 1.29 is 9.53 Å². The zero-order chi connectivity index (χ0) is 13.7. The van der Waals surface area contributed by atoms with Crippen LogP contribution in [-0.4, -0.2) is 47.5 Å². The normalized spacial score (nSPS) is 19.5. The lowest BCUT2D eigenvalue weighted by Gasteiger charge is -2.30. The summed E-state index contributed by atoms with van der Waals surface area (Å²) in [4.78, 5) is 14.0. The van der Waals surface area contributed by atoms with Crippen molar-refractivity contribution in [1.82, 2.24) is 14.7 Å². The van der Waals surface area contributed by atoms with Crippen molar-refractivity contribution in [1.29, 1.82) is 0 Å². The van der Waals surface area contributed by atoms with Crippen molar-refractivity contribution in [2.24, 2.45) is 5.92 Å². The van der Waals surface area contributed by atoms with E-state index in [2.05, 4.69) is 17.3 Å². The molecular weight excluding hydrogens is 244 g/mol. The van der Waals surface area contributed by atoms with Crippen molar-refractivity contribution in [3.05, 3.63) is 12.4 Å². The Morgan fingerprint density at radius 3 is 3.21 bits per heavy atom. The second kappa shape index (κ2) is 6.56. The molecule has 1 aromatic heterocycles. The third-order valence-corrected chi connectivity index (χ3v) is 3.35. The number of likely N-dealkylation sites (tertiary alicyclic amines) is 1. The first kappa shape index (κ1) is 13.9. The Balaban J connectivity index is 1.86. The topological polar surface area (TPSA) is 59.4 Å². The molecule has 1 aliphatic rings. The first-order valence-corrected chi connectivity index (χ1v) is 6.76. The molecule has 2 amide bonds. The second-order valence-electron chi connectivity index (χ2n) is 5.11. The van der Waals surface area contributed by atoms with Crippen LogP contribution in [0.3, 0.4) is 0 Å². The number of hydrogen-bond acceptors (Lipinski definition) is 3. The molecule has 0 radical (unpaired) electrons. The number of piperidine rings is 1.